The topological polar surface area (TPSA) is 44.1 Å². The van der Waals surface area contributed by atoms with Gasteiger partial charge in [-0.2, -0.15) is 0 Å². The predicted molar refractivity (Wildman–Crippen MR) is 84.1 cm³/mol. The van der Waals surface area contributed by atoms with Gasteiger partial charge in [0, 0.05) is 10.7 Å². The van der Waals surface area contributed by atoms with Crippen molar-refractivity contribution in [2.45, 2.75) is 6.61 Å². The zero-order chi connectivity index (χ0) is 16.2. The quantitative estimate of drug-likeness (QED) is 0.679. The number of imidazole rings is 1. The van der Waals surface area contributed by atoms with Gasteiger partial charge in [-0.05, 0) is 42.0 Å². The van der Waals surface area contributed by atoms with Crippen LogP contribution in [0.2, 0.25) is 5.02 Å². The van der Waals surface area contributed by atoms with Gasteiger partial charge in [-0.1, -0.05) is 23.7 Å². The van der Waals surface area contributed by atoms with Crippen molar-refractivity contribution >= 4 is 17.6 Å². The van der Waals surface area contributed by atoms with Crippen LogP contribution in [0, 0.1) is 5.82 Å². The molecule has 0 bridgehead atoms. The first-order chi connectivity index (χ1) is 11.1. The maximum atomic E-state index is 13.0. The average molecular weight is 331 g/mol. The maximum Gasteiger partial charge on any atom is 0.357 e. The van der Waals surface area contributed by atoms with E-state index >= 15 is 0 Å². The van der Waals surface area contributed by atoms with E-state index in [2.05, 4.69) is 4.98 Å². The monoisotopic (exact) mass is 330 g/mol. The molecule has 0 N–H and O–H groups in total. The van der Waals surface area contributed by atoms with Gasteiger partial charge in [0.2, 0.25) is 0 Å². The van der Waals surface area contributed by atoms with E-state index in [4.69, 9.17) is 16.3 Å². The highest BCUT2D eigenvalue weighted by atomic mass is 35.5. The first-order valence-corrected chi connectivity index (χ1v) is 7.21. The van der Waals surface area contributed by atoms with Gasteiger partial charge in [-0.15, -0.1) is 0 Å². The summed E-state index contributed by atoms with van der Waals surface area (Å²) in [6, 6.07) is 12.8. The Balaban J connectivity index is 1.74. The summed E-state index contributed by atoms with van der Waals surface area (Å²) >= 11 is 5.81. The van der Waals surface area contributed by atoms with Gasteiger partial charge in [-0.25, -0.2) is 14.2 Å². The van der Waals surface area contributed by atoms with E-state index in [1.165, 1.54) is 24.7 Å². The third-order valence-corrected chi connectivity index (χ3v) is 3.49. The Kier molecular flexibility index (Phi) is 4.39. The Labute approximate surface area is 137 Å². The molecule has 3 aromatic rings. The molecule has 6 heteroatoms. The highest BCUT2D eigenvalue weighted by molar-refractivity contribution is 6.30. The SMILES string of the molecule is O=C(OCc1ccc(Cl)cc1)c1cncn1-c1ccc(F)cc1. The fraction of sp³-hybridized carbons (Fsp3) is 0.0588. The van der Waals surface area contributed by atoms with E-state index < -0.39 is 5.97 Å². The summed E-state index contributed by atoms with van der Waals surface area (Å²) in [7, 11) is 0. The Morgan fingerprint density at radius 3 is 2.52 bits per heavy atom. The summed E-state index contributed by atoms with van der Waals surface area (Å²) in [5.74, 6) is -0.859. The molecule has 116 valence electrons. The summed E-state index contributed by atoms with van der Waals surface area (Å²) in [4.78, 5) is 16.2. The molecule has 0 unspecified atom stereocenters. The van der Waals surface area contributed by atoms with E-state index in [0.29, 0.717) is 10.7 Å². The molecule has 0 fully saturated rings. The van der Waals surface area contributed by atoms with E-state index in [0.717, 1.165) is 5.56 Å². The van der Waals surface area contributed by atoms with Gasteiger partial charge in [0.05, 0.1) is 12.5 Å². The molecule has 1 heterocycles. The molecule has 0 aliphatic carbocycles. The maximum absolute atomic E-state index is 13.0. The van der Waals surface area contributed by atoms with Gasteiger partial charge in [0.15, 0.2) is 5.69 Å². The van der Waals surface area contributed by atoms with Gasteiger partial charge in [0.1, 0.15) is 12.4 Å². The number of halogens is 2. The fourth-order valence-corrected chi connectivity index (χ4v) is 2.18. The van der Waals surface area contributed by atoms with Crippen LogP contribution in [0.15, 0.2) is 61.1 Å². The van der Waals surface area contributed by atoms with Crippen LogP contribution in [0.5, 0.6) is 0 Å². The second-order valence-electron chi connectivity index (χ2n) is 4.83. The molecule has 0 aliphatic heterocycles. The zero-order valence-corrected chi connectivity index (χ0v) is 12.7. The van der Waals surface area contributed by atoms with Crippen molar-refractivity contribution in [3.63, 3.8) is 0 Å². The number of aromatic nitrogens is 2. The second kappa shape index (κ2) is 6.62. The van der Waals surface area contributed by atoms with Crippen LogP contribution in [0.25, 0.3) is 5.69 Å². The Bertz CT molecular complexity index is 813. The van der Waals surface area contributed by atoms with Gasteiger partial charge in [0.25, 0.3) is 0 Å². The second-order valence-corrected chi connectivity index (χ2v) is 5.26. The molecule has 0 atom stereocenters. The normalized spacial score (nSPS) is 10.5. The van der Waals surface area contributed by atoms with Gasteiger partial charge < -0.3 is 4.74 Å². The Hall–Kier alpha value is -2.66. The minimum Gasteiger partial charge on any atom is -0.456 e. The molecule has 23 heavy (non-hydrogen) atoms. The Morgan fingerprint density at radius 1 is 1.13 bits per heavy atom. The number of ether oxygens (including phenoxy) is 1. The van der Waals surface area contributed by atoms with E-state index in [9.17, 15) is 9.18 Å². The number of carbonyl (C=O) groups is 1. The lowest BCUT2D eigenvalue weighted by Gasteiger charge is -2.08. The number of carbonyl (C=O) groups excluding carboxylic acids is 1. The van der Waals surface area contributed by atoms with Crippen molar-refractivity contribution in [2.75, 3.05) is 0 Å². The number of benzene rings is 2. The van der Waals surface area contributed by atoms with E-state index in [-0.39, 0.29) is 18.1 Å². The lowest BCUT2D eigenvalue weighted by molar-refractivity contribution is 0.0463. The van der Waals surface area contributed by atoms with Crippen LogP contribution in [0.1, 0.15) is 16.1 Å². The van der Waals surface area contributed by atoms with Gasteiger partial charge >= 0.3 is 5.97 Å². The van der Waals surface area contributed by atoms with Crippen LogP contribution >= 0.6 is 11.6 Å². The summed E-state index contributed by atoms with van der Waals surface area (Å²) in [5.41, 5.74) is 1.73. The minimum atomic E-state index is -0.512. The van der Waals surface area contributed by atoms with Crippen LogP contribution in [-0.2, 0) is 11.3 Å². The molecule has 0 amide bonds. The summed E-state index contributed by atoms with van der Waals surface area (Å²) in [6.45, 7) is 0.130. The standard InChI is InChI=1S/C17H12ClFN2O2/c18-13-3-1-12(2-4-13)10-23-17(22)16-9-20-11-21(16)15-7-5-14(19)6-8-15/h1-9,11H,10H2. The molecule has 4 nitrogen and oxygen atoms in total. The number of esters is 1. The molecular formula is C17H12ClFN2O2. The molecule has 3 rings (SSSR count). The van der Waals surface area contributed by atoms with Crippen molar-refractivity contribution in [1.29, 1.82) is 0 Å². The number of nitrogens with zero attached hydrogens (tertiary/aromatic N) is 2. The zero-order valence-electron chi connectivity index (χ0n) is 11.9. The molecular weight excluding hydrogens is 319 g/mol. The summed E-state index contributed by atoms with van der Waals surface area (Å²) in [5, 5.41) is 0.620. The smallest absolute Gasteiger partial charge is 0.357 e. The van der Waals surface area contributed by atoms with Crippen molar-refractivity contribution in [2.24, 2.45) is 0 Å². The first kappa shape index (κ1) is 15.2. The molecule has 2 aromatic carbocycles. The summed E-state index contributed by atoms with van der Waals surface area (Å²) in [6.07, 6.45) is 2.89. The Morgan fingerprint density at radius 2 is 1.83 bits per heavy atom. The molecule has 0 spiro atoms. The van der Waals surface area contributed by atoms with Crippen molar-refractivity contribution < 1.29 is 13.9 Å². The third kappa shape index (κ3) is 3.57. The van der Waals surface area contributed by atoms with Crippen LogP contribution in [0.3, 0.4) is 0 Å². The predicted octanol–water partition coefficient (Wildman–Crippen LogP) is 4.02. The number of hydrogen-bond donors (Lipinski definition) is 0. The van der Waals surface area contributed by atoms with Crippen LogP contribution in [-0.4, -0.2) is 15.5 Å². The van der Waals surface area contributed by atoms with Crippen molar-refractivity contribution in [3.05, 3.63) is 83.2 Å². The summed E-state index contributed by atoms with van der Waals surface area (Å²) < 4.78 is 19.8. The number of rotatable bonds is 4. The van der Waals surface area contributed by atoms with Gasteiger partial charge in [-0.3, -0.25) is 4.57 Å². The number of hydrogen-bond acceptors (Lipinski definition) is 3. The van der Waals surface area contributed by atoms with Crippen LogP contribution < -0.4 is 0 Å². The van der Waals surface area contributed by atoms with Crippen molar-refractivity contribution in [1.82, 2.24) is 9.55 Å². The minimum absolute atomic E-state index is 0.130. The largest absolute Gasteiger partial charge is 0.456 e. The van der Waals surface area contributed by atoms with Crippen LogP contribution in [0.4, 0.5) is 4.39 Å². The lowest BCUT2D eigenvalue weighted by atomic mass is 10.2. The highest BCUT2D eigenvalue weighted by Crippen LogP contribution is 2.15. The molecule has 0 radical (unpaired) electrons. The lowest BCUT2D eigenvalue weighted by Crippen LogP contribution is -2.10. The molecule has 0 saturated heterocycles. The molecule has 1 aromatic heterocycles. The highest BCUT2D eigenvalue weighted by Gasteiger charge is 2.14. The fourth-order valence-electron chi connectivity index (χ4n) is 2.06. The van der Waals surface area contributed by atoms with Crippen molar-refractivity contribution in [3.8, 4) is 5.69 Å². The van der Waals surface area contributed by atoms with E-state index in [1.54, 1.807) is 41.0 Å². The molecule has 0 saturated carbocycles. The third-order valence-electron chi connectivity index (χ3n) is 3.24. The first-order valence-electron chi connectivity index (χ1n) is 6.83. The molecule has 0 aliphatic rings. The average Bonchev–Trinajstić information content (AvgIpc) is 3.04. The van der Waals surface area contributed by atoms with E-state index in [1.807, 2.05) is 0 Å².